The lowest BCUT2D eigenvalue weighted by molar-refractivity contribution is -0.134. The summed E-state index contributed by atoms with van der Waals surface area (Å²) >= 11 is 0. The Kier molecular flexibility index (Phi) is 2.08. The van der Waals surface area contributed by atoms with E-state index in [0.717, 1.165) is 0 Å². The minimum absolute atomic E-state index is 0.287. The minimum Gasteiger partial charge on any atom is -0.387 e. The minimum atomic E-state index is -1.48. The predicted molar refractivity (Wildman–Crippen MR) is 36.8 cm³/mol. The van der Waals surface area contributed by atoms with E-state index in [1.807, 2.05) is 0 Å². The van der Waals surface area contributed by atoms with Crippen LogP contribution in [-0.2, 0) is 4.79 Å². The summed E-state index contributed by atoms with van der Waals surface area (Å²) in [6, 6.07) is 0. The average Bonchev–Trinajstić information content (AvgIpc) is 1.97. The Labute approximate surface area is 63.8 Å². The van der Waals surface area contributed by atoms with Crippen LogP contribution < -0.4 is 0 Å². The van der Waals surface area contributed by atoms with Gasteiger partial charge in [0.05, 0.1) is 0 Å². The Morgan fingerprint density at radius 3 is 2.45 bits per heavy atom. The van der Waals surface area contributed by atoms with Crippen LogP contribution in [0, 0.1) is 0 Å². The molecule has 0 aromatic rings. The molecular formula is C7H10O4. The monoisotopic (exact) mass is 158 g/mol. The maximum Gasteiger partial charge on any atom is 0.189 e. The van der Waals surface area contributed by atoms with Crippen LogP contribution >= 0.6 is 0 Å². The highest BCUT2D eigenvalue weighted by Crippen LogP contribution is 2.15. The first-order chi connectivity index (χ1) is 5.04. The molecule has 0 spiro atoms. The van der Waals surface area contributed by atoms with Crippen molar-refractivity contribution in [3.63, 3.8) is 0 Å². The standard InChI is InChI=1S/C7H10O4/c1-3-2-4(8)6(10)7(11)5(3)9/h2,4,6-8,10-11H,1H3/t4-,6?,7+/m1/s1. The molecule has 1 aliphatic carbocycles. The second kappa shape index (κ2) is 2.73. The molecule has 1 unspecified atom stereocenters. The van der Waals surface area contributed by atoms with Gasteiger partial charge >= 0.3 is 0 Å². The number of hydrogen-bond donors (Lipinski definition) is 3. The van der Waals surface area contributed by atoms with Crippen LogP contribution in [0.5, 0.6) is 0 Å². The van der Waals surface area contributed by atoms with E-state index in [-0.39, 0.29) is 5.57 Å². The zero-order chi connectivity index (χ0) is 8.59. The Balaban J connectivity index is 2.92. The first kappa shape index (κ1) is 8.39. The van der Waals surface area contributed by atoms with Crippen LogP contribution in [0.15, 0.2) is 11.6 Å². The Morgan fingerprint density at radius 1 is 1.36 bits per heavy atom. The number of carbonyl (C=O) groups excluding carboxylic acids is 1. The van der Waals surface area contributed by atoms with Gasteiger partial charge in [-0.15, -0.1) is 0 Å². The fourth-order valence-corrected chi connectivity index (χ4v) is 1.01. The third-order valence-corrected chi connectivity index (χ3v) is 1.75. The molecule has 0 aromatic heterocycles. The van der Waals surface area contributed by atoms with E-state index in [2.05, 4.69) is 0 Å². The largest absolute Gasteiger partial charge is 0.387 e. The first-order valence-corrected chi connectivity index (χ1v) is 3.31. The van der Waals surface area contributed by atoms with E-state index < -0.39 is 24.1 Å². The molecule has 62 valence electrons. The fraction of sp³-hybridized carbons (Fsp3) is 0.571. The molecule has 0 fully saturated rings. The van der Waals surface area contributed by atoms with Gasteiger partial charge in [0.1, 0.15) is 18.3 Å². The molecule has 0 saturated heterocycles. The van der Waals surface area contributed by atoms with Crippen molar-refractivity contribution >= 4 is 5.78 Å². The quantitative estimate of drug-likeness (QED) is 0.405. The molecule has 0 saturated carbocycles. The molecule has 3 atom stereocenters. The summed E-state index contributed by atoms with van der Waals surface area (Å²) < 4.78 is 0. The Morgan fingerprint density at radius 2 is 1.91 bits per heavy atom. The normalized spacial score (nSPS) is 38.7. The lowest BCUT2D eigenvalue weighted by atomic mass is 9.92. The van der Waals surface area contributed by atoms with Crippen molar-refractivity contribution in [1.82, 2.24) is 0 Å². The predicted octanol–water partition coefficient (Wildman–Crippen LogP) is -1.40. The van der Waals surface area contributed by atoms with Crippen LogP contribution in [0.3, 0.4) is 0 Å². The number of rotatable bonds is 0. The van der Waals surface area contributed by atoms with Crippen molar-refractivity contribution in [3.8, 4) is 0 Å². The summed E-state index contributed by atoms with van der Waals surface area (Å²) in [6.45, 7) is 1.49. The van der Waals surface area contributed by atoms with Crippen molar-refractivity contribution in [3.05, 3.63) is 11.6 Å². The van der Waals surface area contributed by atoms with E-state index in [1.54, 1.807) is 0 Å². The molecule has 3 N–H and O–H groups in total. The molecule has 1 rings (SSSR count). The van der Waals surface area contributed by atoms with Gasteiger partial charge in [-0.1, -0.05) is 0 Å². The van der Waals surface area contributed by atoms with E-state index in [9.17, 15) is 4.79 Å². The molecule has 0 amide bonds. The second-order valence-electron chi connectivity index (χ2n) is 2.64. The van der Waals surface area contributed by atoms with Gasteiger partial charge < -0.3 is 15.3 Å². The lowest BCUT2D eigenvalue weighted by Gasteiger charge is -2.24. The van der Waals surface area contributed by atoms with Gasteiger partial charge in [-0.3, -0.25) is 4.79 Å². The number of carbonyl (C=O) groups is 1. The zero-order valence-electron chi connectivity index (χ0n) is 6.06. The van der Waals surface area contributed by atoms with Crippen molar-refractivity contribution in [2.75, 3.05) is 0 Å². The highest BCUT2D eigenvalue weighted by molar-refractivity contribution is 5.99. The van der Waals surface area contributed by atoms with E-state index in [0.29, 0.717) is 0 Å². The lowest BCUT2D eigenvalue weighted by Crippen LogP contribution is -2.45. The molecule has 0 aliphatic heterocycles. The molecule has 4 heteroatoms. The Bertz CT molecular complexity index is 208. The summed E-state index contributed by atoms with van der Waals surface area (Å²) in [7, 11) is 0. The molecule has 0 aromatic carbocycles. The molecule has 4 nitrogen and oxygen atoms in total. The summed E-state index contributed by atoms with van der Waals surface area (Å²) in [4.78, 5) is 10.9. The van der Waals surface area contributed by atoms with Gasteiger partial charge in [0.15, 0.2) is 5.78 Å². The van der Waals surface area contributed by atoms with Gasteiger partial charge in [0.2, 0.25) is 0 Å². The van der Waals surface area contributed by atoms with Crippen molar-refractivity contribution < 1.29 is 20.1 Å². The van der Waals surface area contributed by atoms with Crippen LogP contribution in [0.25, 0.3) is 0 Å². The molecule has 1 aliphatic rings. The van der Waals surface area contributed by atoms with Crippen LogP contribution in [0.2, 0.25) is 0 Å². The summed E-state index contributed by atoms with van der Waals surface area (Å²) in [5.41, 5.74) is 0.287. The van der Waals surface area contributed by atoms with Gasteiger partial charge in [0.25, 0.3) is 0 Å². The van der Waals surface area contributed by atoms with Crippen molar-refractivity contribution in [2.45, 2.75) is 25.2 Å². The third kappa shape index (κ3) is 1.33. The third-order valence-electron chi connectivity index (χ3n) is 1.75. The topological polar surface area (TPSA) is 77.8 Å². The molecule has 11 heavy (non-hydrogen) atoms. The van der Waals surface area contributed by atoms with E-state index in [1.165, 1.54) is 13.0 Å². The second-order valence-corrected chi connectivity index (χ2v) is 2.64. The van der Waals surface area contributed by atoms with Gasteiger partial charge in [-0.2, -0.15) is 0 Å². The SMILES string of the molecule is CC1=C[C@@H](O)C(O)[C@@H](O)C1=O. The summed E-state index contributed by atoms with van der Waals surface area (Å²) in [6.07, 6.45) is -2.76. The number of ketones is 1. The van der Waals surface area contributed by atoms with Crippen molar-refractivity contribution in [1.29, 1.82) is 0 Å². The highest BCUT2D eigenvalue weighted by Gasteiger charge is 2.34. The van der Waals surface area contributed by atoms with Crippen LogP contribution in [0.4, 0.5) is 0 Å². The maximum atomic E-state index is 10.9. The van der Waals surface area contributed by atoms with E-state index >= 15 is 0 Å². The molecule has 0 radical (unpaired) electrons. The van der Waals surface area contributed by atoms with Crippen LogP contribution in [-0.4, -0.2) is 39.4 Å². The smallest absolute Gasteiger partial charge is 0.189 e. The number of aliphatic hydroxyl groups excluding tert-OH is 3. The molecule has 0 heterocycles. The zero-order valence-corrected chi connectivity index (χ0v) is 6.06. The number of hydrogen-bond acceptors (Lipinski definition) is 4. The van der Waals surface area contributed by atoms with Gasteiger partial charge in [-0.25, -0.2) is 0 Å². The molecule has 0 bridgehead atoms. The van der Waals surface area contributed by atoms with Gasteiger partial charge in [0, 0.05) is 0 Å². The van der Waals surface area contributed by atoms with E-state index in [4.69, 9.17) is 15.3 Å². The summed E-state index contributed by atoms with van der Waals surface area (Å²) in [5.74, 6) is -0.525. The Hall–Kier alpha value is -0.710. The van der Waals surface area contributed by atoms with Crippen molar-refractivity contribution in [2.24, 2.45) is 0 Å². The number of aliphatic hydroxyl groups is 3. The first-order valence-electron chi connectivity index (χ1n) is 3.31. The summed E-state index contributed by atoms with van der Waals surface area (Å²) in [5, 5.41) is 27.0. The average molecular weight is 158 g/mol. The number of Topliss-reactive ketones (excluding diaryl/α,β-unsaturated/α-hetero) is 1. The fourth-order valence-electron chi connectivity index (χ4n) is 1.01. The van der Waals surface area contributed by atoms with Gasteiger partial charge in [-0.05, 0) is 18.6 Å². The maximum absolute atomic E-state index is 10.9. The van der Waals surface area contributed by atoms with Crippen LogP contribution in [0.1, 0.15) is 6.92 Å². The molecular weight excluding hydrogens is 148 g/mol. The highest BCUT2D eigenvalue weighted by atomic mass is 16.4.